The number of quaternary nitrogens is 1. The summed E-state index contributed by atoms with van der Waals surface area (Å²) in [7, 11) is 3.55. The topological polar surface area (TPSA) is 80.2 Å². The van der Waals surface area contributed by atoms with Gasteiger partial charge >= 0.3 is 5.97 Å². The molecule has 1 unspecified atom stereocenters. The van der Waals surface area contributed by atoms with E-state index in [0.717, 1.165) is 23.3 Å². The molecular weight excluding hydrogens is 346 g/mol. The molecule has 7 nitrogen and oxygen atoms in total. The molecule has 1 fully saturated rings. The average molecular weight is 376 g/mol. The Balaban J connectivity index is 1.93. The van der Waals surface area contributed by atoms with Gasteiger partial charge in [0, 0.05) is 24.7 Å². The van der Waals surface area contributed by atoms with Crippen LogP contribution in [0.15, 0.2) is 24.3 Å². The molecule has 148 valence electrons. The summed E-state index contributed by atoms with van der Waals surface area (Å²) >= 11 is 0. The van der Waals surface area contributed by atoms with Crippen LogP contribution in [0.4, 0.5) is 0 Å². The SMILES string of the molecule is CCOC(=O)[C@@H]1CCCCN1C(=O)C[NH+](C)Cc1ccc(C(=O)NC)cc1. The number of hydrogen-bond donors (Lipinski definition) is 2. The van der Waals surface area contributed by atoms with Gasteiger partial charge in [-0.2, -0.15) is 0 Å². The van der Waals surface area contributed by atoms with Crippen molar-refractivity contribution in [2.24, 2.45) is 0 Å². The first-order chi connectivity index (χ1) is 13.0. The Bertz CT molecular complexity index is 660. The fourth-order valence-corrected chi connectivity index (χ4v) is 3.40. The van der Waals surface area contributed by atoms with Crippen molar-refractivity contribution in [1.29, 1.82) is 0 Å². The summed E-state index contributed by atoms with van der Waals surface area (Å²) in [5.41, 5.74) is 1.66. The van der Waals surface area contributed by atoms with Crippen molar-refractivity contribution in [2.75, 3.05) is 33.8 Å². The molecule has 0 spiro atoms. The highest BCUT2D eigenvalue weighted by molar-refractivity contribution is 5.93. The zero-order chi connectivity index (χ0) is 19.8. The van der Waals surface area contributed by atoms with E-state index in [1.807, 2.05) is 19.2 Å². The fraction of sp³-hybridized carbons (Fsp3) is 0.550. The number of likely N-dealkylation sites (tertiary alicyclic amines) is 1. The molecule has 1 aromatic rings. The van der Waals surface area contributed by atoms with Crippen LogP contribution in [0.2, 0.25) is 0 Å². The van der Waals surface area contributed by atoms with Gasteiger partial charge in [-0.1, -0.05) is 12.1 Å². The largest absolute Gasteiger partial charge is 0.464 e. The van der Waals surface area contributed by atoms with E-state index in [2.05, 4.69) is 5.32 Å². The molecule has 0 saturated carbocycles. The standard InChI is InChI=1S/C20H29N3O4/c1-4-27-20(26)17-7-5-6-12-23(17)18(24)14-22(3)13-15-8-10-16(11-9-15)19(25)21-2/h8-11,17H,4-7,12-14H2,1-3H3,(H,21,25)/p+1/t17-/m0/s1. The maximum Gasteiger partial charge on any atom is 0.328 e. The number of benzene rings is 1. The molecule has 0 radical (unpaired) electrons. The predicted molar refractivity (Wildman–Crippen MR) is 101 cm³/mol. The van der Waals surface area contributed by atoms with E-state index in [4.69, 9.17) is 4.74 Å². The molecule has 0 bridgehead atoms. The molecule has 1 heterocycles. The highest BCUT2D eigenvalue weighted by atomic mass is 16.5. The maximum atomic E-state index is 12.7. The third-order valence-electron chi connectivity index (χ3n) is 4.78. The van der Waals surface area contributed by atoms with Crippen molar-refractivity contribution in [2.45, 2.75) is 38.8 Å². The van der Waals surface area contributed by atoms with Gasteiger partial charge in [0.1, 0.15) is 12.6 Å². The van der Waals surface area contributed by atoms with Crippen molar-refractivity contribution in [1.82, 2.24) is 10.2 Å². The van der Waals surface area contributed by atoms with Gasteiger partial charge in [0.2, 0.25) is 0 Å². The lowest BCUT2D eigenvalue weighted by Gasteiger charge is -2.34. The average Bonchev–Trinajstić information content (AvgIpc) is 2.68. The highest BCUT2D eigenvalue weighted by Crippen LogP contribution is 2.18. The number of amides is 2. The molecule has 2 amide bonds. The Kier molecular flexibility index (Phi) is 7.79. The summed E-state index contributed by atoms with van der Waals surface area (Å²) in [6.45, 7) is 3.69. The second-order valence-electron chi connectivity index (χ2n) is 6.94. The molecule has 1 saturated heterocycles. The van der Waals surface area contributed by atoms with E-state index in [-0.39, 0.29) is 17.8 Å². The van der Waals surface area contributed by atoms with E-state index >= 15 is 0 Å². The quantitative estimate of drug-likeness (QED) is 0.657. The molecular formula is C20H30N3O4+. The molecule has 7 heteroatoms. The molecule has 1 aliphatic rings. The van der Waals surface area contributed by atoms with E-state index < -0.39 is 6.04 Å². The summed E-state index contributed by atoms with van der Waals surface area (Å²) in [5.74, 6) is -0.437. The molecule has 2 N–H and O–H groups in total. The normalized spacial score (nSPS) is 17.9. The fourth-order valence-electron chi connectivity index (χ4n) is 3.40. The Labute approximate surface area is 160 Å². The molecule has 0 aromatic heterocycles. The molecule has 1 aliphatic heterocycles. The third-order valence-corrected chi connectivity index (χ3v) is 4.78. The Morgan fingerprint density at radius 1 is 1.22 bits per heavy atom. The monoisotopic (exact) mass is 376 g/mol. The Morgan fingerprint density at radius 3 is 2.56 bits per heavy atom. The van der Waals surface area contributed by atoms with Crippen molar-refractivity contribution in [3.63, 3.8) is 0 Å². The highest BCUT2D eigenvalue weighted by Gasteiger charge is 2.34. The first-order valence-electron chi connectivity index (χ1n) is 9.54. The maximum absolute atomic E-state index is 12.7. The number of hydrogen-bond acceptors (Lipinski definition) is 4. The van der Waals surface area contributed by atoms with Crippen LogP contribution in [0.3, 0.4) is 0 Å². The van der Waals surface area contributed by atoms with Gasteiger partial charge in [0.05, 0.1) is 13.7 Å². The minimum absolute atomic E-state index is 0.0211. The van der Waals surface area contributed by atoms with Crippen LogP contribution in [-0.4, -0.2) is 62.5 Å². The van der Waals surface area contributed by atoms with Crippen molar-refractivity contribution in [3.05, 3.63) is 35.4 Å². The van der Waals surface area contributed by atoms with Gasteiger partial charge in [-0.25, -0.2) is 4.79 Å². The lowest BCUT2D eigenvalue weighted by Crippen LogP contribution is -3.09. The molecule has 2 atom stereocenters. The number of rotatable bonds is 7. The van der Waals surface area contributed by atoms with Gasteiger partial charge in [-0.15, -0.1) is 0 Å². The number of likely N-dealkylation sites (N-methyl/N-ethyl adjacent to an activating group) is 1. The van der Waals surface area contributed by atoms with Crippen molar-refractivity contribution < 1.29 is 24.0 Å². The molecule has 0 aliphatic carbocycles. The summed E-state index contributed by atoms with van der Waals surface area (Å²) in [5, 5.41) is 2.59. The van der Waals surface area contributed by atoms with Gasteiger partial charge in [-0.05, 0) is 38.3 Å². The van der Waals surface area contributed by atoms with Crippen molar-refractivity contribution >= 4 is 17.8 Å². The minimum Gasteiger partial charge on any atom is -0.464 e. The number of nitrogens with zero attached hydrogens (tertiary/aromatic N) is 1. The Hall–Kier alpha value is -2.41. The molecule has 2 rings (SSSR count). The van der Waals surface area contributed by atoms with Crippen LogP contribution in [0.1, 0.15) is 42.1 Å². The van der Waals surface area contributed by atoms with Crippen LogP contribution in [0, 0.1) is 0 Å². The smallest absolute Gasteiger partial charge is 0.328 e. The van der Waals surface area contributed by atoms with E-state index in [0.29, 0.717) is 38.2 Å². The van der Waals surface area contributed by atoms with E-state index in [9.17, 15) is 14.4 Å². The van der Waals surface area contributed by atoms with E-state index in [1.165, 1.54) is 0 Å². The lowest BCUT2D eigenvalue weighted by atomic mass is 10.0. The van der Waals surface area contributed by atoms with Gasteiger partial charge < -0.3 is 19.9 Å². The summed E-state index contributed by atoms with van der Waals surface area (Å²) in [6, 6.07) is 6.92. The summed E-state index contributed by atoms with van der Waals surface area (Å²) < 4.78 is 5.13. The summed E-state index contributed by atoms with van der Waals surface area (Å²) in [4.78, 5) is 39.2. The summed E-state index contributed by atoms with van der Waals surface area (Å²) in [6.07, 6.45) is 2.53. The second kappa shape index (κ2) is 10.1. The number of carbonyl (C=O) groups is 3. The van der Waals surface area contributed by atoms with Crippen LogP contribution in [0.25, 0.3) is 0 Å². The van der Waals surface area contributed by atoms with Crippen molar-refractivity contribution in [3.8, 4) is 0 Å². The van der Waals surface area contributed by atoms with E-state index in [1.54, 1.807) is 31.0 Å². The third kappa shape index (κ3) is 5.79. The second-order valence-corrected chi connectivity index (χ2v) is 6.94. The molecule has 27 heavy (non-hydrogen) atoms. The first kappa shape index (κ1) is 20.9. The predicted octanol–water partition coefficient (Wildman–Crippen LogP) is 0.00510. The number of nitrogens with one attached hydrogen (secondary N) is 2. The van der Waals surface area contributed by atoms with Crippen LogP contribution in [-0.2, 0) is 20.9 Å². The first-order valence-corrected chi connectivity index (χ1v) is 9.54. The van der Waals surface area contributed by atoms with Gasteiger partial charge in [0.15, 0.2) is 6.54 Å². The van der Waals surface area contributed by atoms with Crippen LogP contribution in [0.5, 0.6) is 0 Å². The number of carbonyl (C=O) groups excluding carboxylic acids is 3. The van der Waals surface area contributed by atoms with Gasteiger partial charge in [0.25, 0.3) is 11.8 Å². The lowest BCUT2D eigenvalue weighted by molar-refractivity contribution is -0.885. The number of piperidine rings is 1. The van der Waals surface area contributed by atoms with Crippen LogP contribution < -0.4 is 10.2 Å². The minimum atomic E-state index is -0.453. The van der Waals surface area contributed by atoms with Gasteiger partial charge in [-0.3, -0.25) is 9.59 Å². The number of ether oxygens (including phenoxy) is 1. The zero-order valence-electron chi connectivity index (χ0n) is 16.4. The number of esters is 1. The Morgan fingerprint density at radius 2 is 1.93 bits per heavy atom. The molecule has 1 aromatic carbocycles. The zero-order valence-corrected chi connectivity index (χ0v) is 16.4. The van der Waals surface area contributed by atoms with Crippen LogP contribution >= 0.6 is 0 Å².